The summed E-state index contributed by atoms with van der Waals surface area (Å²) in [5.74, 6) is 0.345. The Bertz CT molecular complexity index is 1300. The van der Waals surface area contributed by atoms with Gasteiger partial charge < -0.3 is 0 Å². The molecule has 0 saturated heterocycles. The first kappa shape index (κ1) is 23.2. The van der Waals surface area contributed by atoms with Gasteiger partial charge in [0, 0.05) is 6.20 Å². The zero-order valence-corrected chi connectivity index (χ0v) is 21.7. The van der Waals surface area contributed by atoms with Crippen LogP contribution in [0.5, 0.6) is 0 Å². The molecule has 2 heterocycles. The summed E-state index contributed by atoms with van der Waals surface area (Å²) < 4.78 is 4.54. The lowest BCUT2D eigenvalue weighted by atomic mass is 9.62. The van der Waals surface area contributed by atoms with E-state index in [0.29, 0.717) is 5.92 Å². The third-order valence-corrected chi connectivity index (χ3v) is 6.90. The van der Waals surface area contributed by atoms with Crippen molar-refractivity contribution in [3.8, 4) is 16.9 Å². The fourth-order valence-electron chi connectivity index (χ4n) is 5.83. The predicted molar refractivity (Wildman–Crippen MR) is 139 cm³/mol. The summed E-state index contributed by atoms with van der Waals surface area (Å²) in [4.78, 5) is 4.97. The predicted octanol–water partition coefficient (Wildman–Crippen LogP) is 7.31. The van der Waals surface area contributed by atoms with E-state index in [9.17, 15) is 0 Å². The lowest BCUT2D eigenvalue weighted by Crippen LogP contribution is -2.31. The summed E-state index contributed by atoms with van der Waals surface area (Å²) in [7, 11) is 2.12. The van der Waals surface area contributed by atoms with Gasteiger partial charge >= 0.3 is 0 Å². The third kappa shape index (κ3) is 4.10. The average Bonchev–Trinajstić information content (AvgIpc) is 3.05. The quantitative estimate of drug-likeness (QED) is 0.306. The highest BCUT2D eigenvalue weighted by atomic mass is 15.1. The van der Waals surface area contributed by atoms with Crippen LogP contribution >= 0.6 is 0 Å². The molecule has 0 amide bonds. The molecule has 0 atom stereocenters. The normalized spacial score (nSPS) is 12.7. The van der Waals surface area contributed by atoms with Crippen LogP contribution in [0.15, 0.2) is 61.1 Å². The molecule has 0 aliphatic heterocycles. The van der Waals surface area contributed by atoms with Crippen molar-refractivity contribution < 1.29 is 4.57 Å². The van der Waals surface area contributed by atoms with E-state index in [1.807, 2.05) is 6.20 Å². The van der Waals surface area contributed by atoms with E-state index in [1.165, 1.54) is 39.0 Å². The molecule has 0 spiro atoms. The Hall–Kier alpha value is -2.94. The fourth-order valence-corrected chi connectivity index (χ4v) is 5.83. The minimum absolute atomic E-state index is 0.0901. The van der Waals surface area contributed by atoms with Crippen molar-refractivity contribution in [2.24, 2.45) is 17.9 Å². The van der Waals surface area contributed by atoms with Crippen LogP contribution in [0.25, 0.3) is 28.0 Å². The lowest BCUT2D eigenvalue weighted by Gasteiger charge is -2.42. The van der Waals surface area contributed by atoms with Gasteiger partial charge in [-0.3, -0.25) is 4.98 Å². The molecule has 33 heavy (non-hydrogen) atoms. The number of rotatable bonds is 3. The van der Waals surface area contributed by atoms with E-state index in [4.69, 9.17) is 4.98 Å². The Morgan fingerprint density at radius 1 is 0.848 bits per heavy atom. The molecule has 172 valence electrons. The van der Waals surface area contributed by atoms with Gasteiger partial charge in [-0.2, -0.15) is 4.57 Å². The second-order valence-electron chi connectivity index (χ2n) is 11.6. The highest BCUT2D eigenvalue weighted by Crippen LogP contribution is 2.51. The maximum Gasteiger partial charge on any atom is 0.249 e. The van der Waals surface area contributed by atoms with Crippen LogP contribution in [0.3, 0.4) is 0 Å². The van der Waals surface area contributed by atoms with Crippen LogP contribution in [0.4, 0.5) is 0 Å². The topological polar surface area (TPSA) is 21.7 Å². The van der Waals surface area contributed by atoms with Gasteiger partial charge in [-0.25, -0.2) is 4.57 Å². The van der Waals surface area contributed by atoms with Crippen LogP contribution in [0.1, 0.15) is 64.2 Å². The van der Waals surface area contributed by atoms with Crippen molar-refractivity contribution in [2.75, 3.05) is 0 Å². The molecule has 4 aromatic rings. The Morgan fingerprint density at radius 3 is 2.18 bits per heavy atom. The van der Waals surface area contributed by atoms with Crippen LogP contribution in [-0.4, -0.2) is 9.55 Å². The molecule has 0 bridgehead atoms. The van der Waals surface area contributed by atoms with Gasteiger partial charge in [0.15, 0.2) is 11.0 Å². The van der Waals surface area contributed by atoms with E-state index in [1.54, 1.807) is 0 Å². The number of aryl methyl sites for hydroxylation is 2. The van der Waals surface area contributed by atoms with Crippen LogP contribution < -0.4 is 4.57 Å². The Kier molecular flexibility index (Phi) is 5.72. The minimum atomic E-state index is 0.0901. The zero-order chi connectivity index (χ0) is 24.1. The number of fused-ring (bicyclic) bond motifs is 1. The molecule has 0 unspecified atom stereocenters. The van der Waals surface area contributed by atoms with Gasteiger partial charge in [-0.1, -0.05) is 65.8 Å². The van der Waals surface area contributed by atoms with Crippen molar-refractivity contribution in [1.82, 2.24) is 9.55 Å². The summed E-state index contributed by atoms with van der Waals surface area (Å²) >= 11 is 0. The van der Waals surface area contributed by atoms with Crippen molar-refractivity contribution in [3.05, 3.63) is 77.7 Å². The summed E-state index contributed by atoms with van der Waals surface area (Å²) in [6, 6.07) is 17.5. The van der Waals surface area contributed by atoms with Crippen LogP contribution in [0.2, 0.25) is 0 Å². The number of pyridine rings is 1. The molecule has 0 aliphatic carbocycles. The second kappa shape index (κ2) is 8.13. The number of nitrogens with zero attached hydrogens (tertiary/aromatic N) is 3. The van der Waals surface area contributed by atoms with Crippen molar-refractivity contribution in [1.29, 1.82) is 0 Å². The smallest absolute Gasteiger partial charge is 0.249 e. The highest BCUT2D eigenvalue weighted by Gasteiger charge is 2.39. The van der Waals surface area contributed by atoms with Crippen molar-refractivity contribution in [3.63, 3.8) is 0 Å². The summed E-state index contributed by atoms with van der Waals surface area (Å²) in [5, 5.41) is 0. The van der Waals surface area contributed by atoms with Crippen LogP contribution in [-0.2, 0) is 7.05 Å². The number of hydrogen-bond acceptors (Lipinski definition) is 1. The maximum absolute atomic E-state index is 4.97. The molecule has 4 rings (SSSR count). The molecule has 0 fully saturated rings. The molecule has 0 aliphatic rings. The van der Waals surface area contributed by atoms with Gasteiger partial charge in [0.1, 0.15) is 5.69 Å². The molecule has 0 saturated carbocycles. The van der Waals surface area contributed by atoms with Gasteiger partial charge in [0.25, 0.3) is 0 Å². The molecular weight excluding hydrogens is 402 g/mol. The summed E-state index contributed by atoms with van der Waals surface area (Å²) in [5.41, 5.74) is 9.99. The van der Waals surface area contributed by atoms with E-state index in [2.05, 4.69) is 126 Å². The highest BCUT2D eigenvalue weighted by molar-refractivity contribution is 5.82. The summed E-state index contributed by atoms with van der Waals surface area (Å²) in [6.07, 6.45) is 4.15. The molecule has 2 aromatic carbocycles. The van der Waals surface area contributed by atoms with E-state index in [0.717, 1.165) is 5.69 Å². The van der Waals surface area contributed by atoms with Crippen LogP contribution in [0, 0.1) is 24.7 Å². The monoisotopic (exact) mass is 440 g/mol. The number of benzene rings is 2. The molecule has 3 nitrogen and oxygen atoms in total. The first-order valence-corrected chi connectivity index (χ1v) is 11.9. The van der Waals surface area contributed by atoms with Gasteiger partial charge in [0.05, 0.1) is 18.3 Å². The lowest BCUT2D eigenvalue weighted by molar-refractivity contribution is -0.645. The average molecular weight is 441 g/mol. The van der Waals surface area contributed by atoms with E-state index >= 15 is 0 Å². The molecule has 3 heteroatoms. The standard InChI is InChI=1S/C30H38N3/c1-20-17-18-31-27(21(20)2)26-22(28(29(3,4)5)30(6,7)8)13-12-16-25(26)33-19-32(9)23-14-10-11-15-24(23)33/h10-19,28H,1-9H3/q+1. The van der Waals surface area contributed by atoms with E-state index < -0.39 is 0 Å². The van der Waals surface area contributed by atoms with Crippen molar-refractivity contribution >= 4 is 11.0 Å². The zero-order valence-electron chi connectivity index (χ0n) is 21.7. The molecular formula is C30H38N3+. The Labute approximate surface area is 199 Å². The molecule has 0 radical (unpaired) electrons. The Balaban J connectivity index is 2.15. The first-order valence-electron chi connectivity index (χ1n) is 11.9. The fraction of sp³-hybridized carbons (Fsp3) is 0.400. The largest absolute Gasteiger partial charge is 0.256 e. The minimum Gasteiger partial charge on any atom is -0.256 e. The summed E-state index contributed by atoms with van der Waals surface area (Å²) in [6.45, 7) is 18.6. The van der Waals surface area contributed by atoms with Crippen molar-refractivity contribution in [2.45, 2.75) is 61.3 Å². The number of para-hydroxylation sites is 2. The van der Waals surface area contributed by atoms with Gasteiger partial charge in [-0.05, 0) is 71.6 Å². The SMILES string of the molecule is Cc1ccnc(-c2c(C(C(C)(C)C)C(C)(C)C)cccc2-n2c[n+](C)c3ccccc32)c1C. The molecule has 0 N–H and O–H groups in total. The van der Waals surface area contributed by atoms with Gasteiger partial charge in [-0.15, -0.1) is 0 Å². The number of hydrogen-bond donors (Lipinski definition) is 0. The maximum atomic E-state index is 4.97. The van der Waals surface area contributed by atoms with E-state index in [-0.39, 0.29) is 10.8 Å². The number of aromatic nitrogens is 3. The van der Waals surface area contributed by atoms with Gasteiger partial charge in [0.2, 0.25) is 6.33 Å². The number of imidazole rings is 1. The molecule has 2 aromatic heterocycles. The Morgan fingerprint density at radius 2 is 1.52 bits per heavy atom. The third-order valence-electron chi connectivity index (χ3n) is 6.90. The second-order valence-corrected chi connectivity index (χ2v) is 11.6. The first-order chi connectivity index (χ1) is 15.4.